The Morgan fingerprint density at radius 3 is 0.396 bits per heavy atom. The van der Waals surface area contributed by atoms with Crippen LogP contribution in [0.2, 0.25) is 157 Å². The Balaban J connectivity index is 0.000000480. The van der Waals surface area contributed by atoms with E-state index in [0.717, 1.165) is 0 Å². The molecule has 2 heterocycles. The van der Waals surface area contributed by atoms with Crippen molar-refractivity contribution in [3.63, 3.8) is 0 Å². The van der Waals surface area contributed by atoms with Crippen LogP contribution in [0.4, 0.5) is 0 Å². The molecule has 0 unspecified atom stereocenters. The van der Waals surface area contributed by atoms with Gasteiger partial charge in [-0.1, -0.05) is 202 Å². The van der Waals surface area contributed by atoms with Gasteiger partial charge in [-0.15, -0.1) is 0 Å². The van der Waals surface area contributed by atoms with Gasteiger partial charge < -0.3 is 0 Å². The quantitative estimate of drug-likeness (QED) is 0.141. The zero-order chi connectivity index (χ0) is 38.9. The summed E-state index contributed by atoms with van der Waals surface area (Å²) in [6, 6.07) is 0. The van der Waals surface area contributed by atoms with E-state index in [9.17, 15) is 0 Å². The van der Waals surface area contributed by atoms with Gasteiger partial charge in [0.15, 0.2) is 30.3 Å². The van der Waals surface area contributed by atoms with Gasteiger partial charge in [0.25, 0.3) is 0 Å². The van der Waals surface area contributed by atoms with Crippen LogP contribution in [0.15, 0.2) is 0 Å². The Bertz CT molecular complexity index is 852. The SMILES string of the molecule is C[Si](C)(C)N(N1P(Cl)N(N([Si](C)(C)C)[Si](C)(C)C)P1Cl)[Si](C)(C)C.C[Si](C)(C)N(N1P(Cl)N(N([Si](C)(C)C)[Si](C)(C)C)P1Cl)[Si](C)(C)C. The predicted octanol–water partition coefficient (Wildman–Crippen LogP) is 14.6. The van der Waals surface area contributed by atoms with Gasteiger partial charge in [0.2, 0.25) is 0 Å². The topological polar surface area (TPSA) is 25.9 Å². The fourth-order valence-electron chi connectivity index (χ4n) is 7.23. The fraction of sp³-hybridized carbons (Fsp3) is 1.00. The van der Waals surface area contributed by atoms with E-state index in [-0.39, 0.29) is 0 Å². The molecule has 2 saturated heterocycles. The zero-order valence-electron chi connectivity index (χ0n) is 34.9. The molecule has 48 heavy (non-hydrogen) atoms. The van der Waals surface area contributed by atoms with Gasteiger partial charge in [-0.2, -0.15) is 18.2 Å². The van der Waals surface area contributed by atoms with Gasteiger partial charge in [0.05, 0.1) is 0 Å². The highest BCUT2D eigenvalue weighted by Crippen LogP contribution is 2.84. The van der Waals surface area contributed by atoms with E-state index in [1.54, 1.807) is 0 Å². The first kappa shape index (κ1) is 50.3. The van der Waals surface area contributed by atoms with Gasteiger partial charge in [0, 0.05) is 0 Å². The first-order valence-corrected chi connectivity index (χ1v) is 53.1. The van der Waals surface area contributed by atoms with Crippen LogP contribution >= 0.6 is 75.3 Å². The monoisotopic (exact) mass is 960 g/mol. The summed E-state index contributed by atoms with van der Waals surface area (Å²) in [5, 5.41) is 0. The summed E-state index contributed by atoms with van der Waals surface area (Å²) < 4.78 is 20.2. The number of hydrogen-bond acceptors (Lipinski definition) is 8. The summed E-state index contributed by atoms with van der Waals surface area (Å²) in [5.74, 6) is 0. The molecular weight excluding hydrogens is 891 g/mol. The molecule has 2 aliphatic heterocycles. The van der Waals surface area contributed by atoms with E-state index >= 15 is 0 Å². The molecule has 2 rings (SSSR count). The molecule has 288 valence electrons. The maximum Gasteiger partial charge on any atom is 0.178 e. The van der Waals surface area contributed by atoms with Crippen LogP contribution in [0, 0.1) is 0 Å². The first-order chi connectivity index (χ1) is 20.6. The molecule has 24 heteroatoms. The van der Waals surface area contributed by atoms with Crippen molar-refractivity contribution in [2.24, 2.45) is 0 Å². The minimum atomic E-state index is -1.53. The van der Waals surface area contributed by atoms with Crippen molar-refractivity contribution in [3.8, 4) is 0 Å². The van der Waals surface area contributed by atoms with E-state index in [0.29, 0.717) is 0 Å². The summed E-state index contributed by atoms with van der Waals surface area (Å²) in [5.41, 5.74) is 0. The molecule has 0 spiro atoms. The van der Waals surface area contributed by atoms with Crippen LogP contribution in [0.25, 0.3) is 0 Å². The van der Waals surface area contributed by atoms with Crippen molar-refractivity contribution in [2.75, 3.05) is 0 Å². The van der Waals surface area contributed by atoms with E-state index in [1.165, 1.54) is 0 Å². The molecule has 0 saturated carbocycles. The number of nitrogens with zero attached hydrogens (tertiary/aromatic N) is 8. The predicted molar refractivity (Wildman–Crippen MR) is 253 cm³/mol. The van der Waals surface area contributed by atoms with Crippen molar-refractivity contribution in [1.82, 2.24) is 35.6 Å². The minimum Gasteiger partial charge on any atom is -0.273 e. The van der Waals surface area contributed by atoms with Crippen molar-refractivity contribution < 1.29 is 0 Å². The normalized spacial score (nSPS) is 25.5. The van der Waals surface area contributed by atoms with Crippen molar-refractivity contribution >= 4 is 141 Å². The maximum absolute atomic E-state index is 7.04. The van der Waals surface area contributed by atoms with Gasteiger partial charge >= 0.3 is 0 Å². The molecule has 0 amide bonds. The van der Waals surface area contributed by atoms with Crippen LogP contribution in [-0.2, 0) is 0 Å². The molecule has 2 aliphatic rings. The number of hydrogen-bond donors (Lipinski definition) is 0. The molecule has 0 aromatic carbocycles. The third-order valence-corrected chi connectivity index (χ3v) is 51.4. The average Bonchev–Trinajstić information content (AvgIpc) is 2.76. The molecule has 0 aliphatic carbocycles. The fourth-order valence-corrected chi connectivity index (χ4v) is 75.4. The molecule has 0 bridgehead atoms. The Hall–Kier alpha value is 4.30. The van der Waals surface area contributed by atoms with Gasteiger partial charge in [-0.05, 0) is 0 Å². The second kappa shape index (κ2) is 16.6. The number of hydrazine groups is 4. The smallest absolute Gasteiger partial charge is 0.178 e. The van der Waals surface area contributed by atoms with Crippen LogP contribution in [-0.4, -0.2) is 101 Å². The molecule has 0 atom stereocenters. The lowest BCUT2D eigenvalue weighted by Gasteiger charge is -2.65. The summed E-state index contributed by atoms with van der Waals surface area (Å²) >= 11 is 28.2. The highest BCUT2D eigenvalue weighted by atomic mass is 35.7. The highest BCUT2D eigenvalue weighted by molar-refractivity contribution is 8.05. The van der Waals surface area contributed by atoms with E-state index < -0.39 is 96.2 Å². The van der Waals surface area contributed by atoms with Crippen molar-refractivity contribution in [1.29, 1.82) is 0 Å². The Morgan fingerprint density at radius 2 is 0.333 bits per heavy atom. The second-order valence-electron chi connectivity index (χ2n) is 20.6. The molecule has 0 aromatic heterocycles. The summed E-state index contributed by atoms with van der Waals surface area (Å²) in [7, 11) is -15.8. The lowest BCUT2D eigenvalue weighted by molar-refractivity contribution is 0.290. The largest absolute Gasteiger partial charge is 0.273 e. The van der Waals surface area contributed by atoms with Gasteiger partial charge in [-0.25, -0.2) is 0 Å². The lowest BCUT2D eigenvalue weighted by Crippen LogP contribution is -2.71. The number of halogens is 4. The molecular formula is C24H72Cl4N8P4Si8. The Kier molecular flexibility index (Phi) is 17.4. The summed E-state index contributed by atoms with van der Waals surface area (Å²) in [6.07, 6.45) is 0. The second-order valence-corrected chi connectivity index (χ2v) is 70.4. The maximum atomic E-state index is 7.04. The van der Waals surface area contributed by atoms with Gasteiger partial charge in [-0.3, -0.25) is 17.4 Å². The van der Waals surface area contributed by atoms with Crippen LogP contribution < -0.4 is 0 Å². The van der Waals surface area contributed by atoms with Gasteiger partial charge in [0.1, 0.15) is 65.9 Å². The summed E-state index contributed by atoms with van der Waals surface area (Å²) in [6.45, 7) is 57.7. The molecule has 0 aromatic rings. The zero-order valence-corrected chi connectivity index (χ0v) is 49.5. The molecule has 8 nitrogen and oxygen atoms in total. The highest BCUT2D eigenvalue weighted by Gasteiger charge is 2.61. The summed E-state index contributed by atoms with van der Waals surface area (Å²) in [4.78, 5) is 0. The van der Waals surface area contributed by atoms with E-state index in [4.69, 9.17) is 45.0 Å². The lowest BCUT2D eigenvalue weighted by atomic mass is 11.8. The standard InChI is InChI=1S/2C12H36Cl2N4P2Si4/c2*1-21(2,3)17(22(4,5)6)15-19(13)16(20(15)14)18(23(7,8)9)24(10,11)12/h2*1-12H3. The Morgan fingerprint density at radius 1 is 0.250 bits per heavy atom. The van der Waals surface area contributed by atoms with E-state index in [2.05, 4.69) is 193 Å². The van der Waals surface area contributed by atoms with Crippen LogP contribution in [0.1, 0.15) is 0 Å². The van der Waals surface area contributed by atoms with Crippen LogP contribution in [0.3, 0.4) is 0 Å². The average molecular weight is 963 g/mol. The van der Waals surface area contributed by atoms with E-state index in [1.807, 2.05) is 0 Å². The third-order valence-electron chi connectivity index (χ3n) is 6.98. The third kappa shape index (κ3) is 12.1. The number of rotatable bonds is 12. The minimum absolute atomic E-state index is 0.893. The van der Waals surface area contributed by atoms with Crippen molar-refractivity contribution in [3.05, 3.63) is 0 Å². The Labute approximate surface area is 331 Å². The van der Waals surface area contributed by atoms with Crippen LogP contribution in [0.5, 0.6) is 0 Å². The first-order valence-electron chi connectivity index (χ1n) is 16.9. The molecule has 0 N–H and O–H groups in total. The molecule has 0 radical (unpaired) electrons. The molecule has 2 fully saturated rings. The van der Waals surface area contributed by atoms with Crippen molar-refractivity contribution in [2.45, 2.75) is 157 Å².